The first-order chi connectivity index (χ1) is 5.66. The minimum atomic E-state index is -0.0491. The molecule has 0 aromatic rings. The van der Waals surface area contributed by atoms with Crippen LogP contribution in [0, 0.1) is 0 Å². The number of unbranched alkanes of at least 4 members (excludes halogenated alkanes) is 1. The van der Waals surface area contributed by atoms with Crippen LogP contribution in [-0.4, -0.2) is 16.5 Å². The van der Waals surface area contributed by atoms with Gasteiger partial charge < -0.3 is 4.74 Å². The molecule has 0 heterocycles. The van der Waals surface area contributed by atoms with Crippen molar-refractivity contribution in [3.05, 3.63) is 0 Å². The highest BCUT2D eigenvalue weighted by molar-refractivity contribution is 14.1. The van der Waals surface area contributed by atoms with Gasteiger partial charge in [0.25, 0.3) is 0 Å². The van der Waals surface area contributed by atoms with Gasteiger partial charge >= 0.3 is 5.97 Å². The Kier molecular flexibility index (Phi) is 7.96. The van der Waals surface area contributed by atoms with Crippen molar-refractivity contribution in [2.45, 2.75) is 43.5 Å². The Morgan fingerprint density at radius 3 is 2.75 bits per heavy atom. The zero-order valence-electron chi connectivity index (χ0n) is 7.81. The van der Waals surface area contributed by atoms with Gasteiger partial charge in [0.05, 0.1) is 6.61 Å². The molecule has 12 heavy (non-hydrogen) atoms. The van der Waals surface area contributed by atoms with Crippen molar-refractivity contribution >= 4 is 28.6 Å². The molecule has 1 atom stereocenters. The average Bonchev–Trinajstić information content (AvgIpc) is 2.01. The summed E-state index contributed by atoms with van der Waals surface area (Å²) in [7, 11) is 0. The topological polar surface area (TPSA) is 26.3 Å². The first-order valence-electron chi connectivity index (χ1n) is 4.46. The summed E-state index contributed by atoms with van der Waals surface area (Å²) in [5, 5.41) is 0. The number of rotatable bonds is 6. The van der Waals surface area contributed by atoms with Gasteiger partial charge in [-0.05, 0) is 12.8 Å². The van der Waals surface area contributed by atoms with E-state index in [2.05, 4.69) is 36.4 Å². The van der Waals surface area contributed by atoms with Crippen LogP contribution in [0.4, 0.5) is 0 Å². The molecule has 1 unspecified atom stereocenters. The van der Waals surface area contributed by atoms with Crippen LogP contribution in [0.15, 0.2) is 0 Å². The van der Waals surface area contributed by atoms with Crippen LogP contribution < -0.4 is 0 Å². The number of carbonyl (C=O) groups excluding carboxylic acids is 1. The second kappa shape index (κ2) is 7.83. The van der Waals surface area contributed by atoms with E-state index in [1.807, 2.05) is 0 Å². The molecule has 0 saturated carbocycles. The van der Waals surface area contributed by atoms with Crippen molar-refractivity contribution in [3.63, 3.8) is 0 Å². The first kappa shape index (κ1) is 12.2. The van der Waals surface area contributed by atoms with E-state index in [0.717, 1.165) is 19.3 Å². The van der Waals surface area contributed by atoms with Crippen LogP contribution in [0.2, 0.25) is 0 Å². The molecule has 3 heteroatoms. The minimum absolute atomic E-state index is 0.0491. The van der Waals surface area contributed by atoms with E-state index < -0.39 is 0 Å². The SMILES string of the molecule is CCCCOC(=O)CCC(C)I. The minimum Gasteiger partial charge on any atom is -0.466 e. The van der Waals surface area contributed by atoms with Gasteiger partial charge in [-0.15, -0.1) is 0 Å². The Morgan fingerprint density at radius 1 is 1.58 bits per heavy atom. The third kappa shape index (κ3) is 8.30. The predicted molar refractivity (Wildman–Crippen MR) is 58.6 cm³/mol. The molecule has 0 fully saturated rings. The molecule has 0 bridgehead atoms. The third-order valence-electron chi connectivity index (χ3n) is 1.51. The molecule has 0 amide bonds. The van der Waals surface area contributed by atoms with Crippen LogP contribution in [0.1, 0.15) is 39.5 Å². The zero-order chi connectivity index (χ0) is 9.40. The van der Waals surface area contributed by atoms with Crippen LogP contribution >= 0.6 is 22.6 Å². The number of esters is 1. The average molecular weight is 284 g/mol. The van der Waals surface area contributed by atoms with Crippen molar-refractivity contribution in [2.75, 3.05) is 6.61 Å². The second-order valence-electron chi connectivity index (χ2n) is 2.89. The van der Waals surface area contributed by atoms with Gasteiger partial charge in [-0.2, -0.15) is 0 Å². The molecule has 72 valence electrons. The smallest absolute Gasteiger partial charge is 0.305 e. The molecule has 0 aliphatic carbocycles. The molecule has 0 radical (unpaired) electrons. The van der Waals surface area contributed by atoms with Gasteiger partial charge in [-0.25, -0.2) is 0 Å². The number of hydrogen-bond acceptors (Lipinski definition) is 2. The van der Waals surface area contributed by atoms with Gasteiger partial charge in [-0.1, -0.05) is 42.9 Å². The highest BCUT2D eigenvalue weighted by atomic mass is 127. The van der Waals surface area contributed by atoms with Gasteiger partial charge in [-0.3, -0.25) is 4.79 Å². The fourth-order valence-electron chi connectivity index (χ4n) is 0.719. The summed E-state index contributed by atoms with van der Waals surface area (Å²) in [4.78, 5) is 11.0. The van der Waals surface area contributed by atoms with E-state index in [-0.39, 0.29) is 5.97 Å². The number of hydrogen-bond donors (Lipinski definition) is 0. The van der Waals surface area contributed by atoms with Crippen molar-refractivity contribution in [1.82, 2.24) is 0 Å². The van der Waals surface area contributed by atoms with Gasteiger partial charge in [0, 0.05) is 10.3 Å². The monoisotopic (exact) mass is 284 g/mol. The maximum atomic E-state index is 11.0. The Morgan fingerprint density at radius 2 is 2.25 bits per heavy atom. The van der Waals surface area contributed by atoms with Crippen molar-refractivity contribution in [2.24, 2.45) is 0 Å². The highest BCUT2D eigenvalue weighted by Gasteiger charge is 2.04. The van der Waals surface area contributed by atoms with E-state index in [0.29, 0.717) is 17.0 Å². The Hall–Kier alpha value is 0.200. The number of ether oxygens (including phenoxy) is 1. The normalized spacial score (nSPS) is 12.6. The Labute approximate surface area is 88.2 Å². The van der Waals surface area contributed by atoms with Crippen molar-refractivity contribution in [3.8, 4) is 0 Å². The lowest BCUT2D eigenvalue weighted by molar-refractivity contribution is -0.143. The van der Waals surface area contributed by atoms with Crippen LogP contribution in [0.3, 0.4) is 0 Å². The Balaban J connectivity index is 3.22. The summed E-state index contributed by atoms with van der Waals surface area (Å²) in [5.74, 6) is -0.0491. The van der Waals surface area contributed by atoms with E-state index in [1.165, 1.54) is 0 Å². The fraction of sp³-hybridized carbons (Fsp3) is 0.889. The summed E-state index contributed by atoms with van der Waals surface area (Å²) < 4.78 is 5.55. The molecular weight excluding hydrogens is 267 g/mol. The summed E-state index contributed by atoms with van der Waals surface area (Å²) in [6.45, 7) is 4.77. The molecule has 0 N–H and O–H groups in total. The van der Waals surface area contributed by atoms with Gasteiger partial charge in [0.2, 0.25) is 0 Å². The van der Waals surface area contributed by atoms with E-state index >= 15 is 0 Å². The summed E-state index contributed by atoms with van der Waals surface area (Å²) in [5.41, 5.74) is 0. The van der Waals surface area contributed by atoms with Crippen LogP contribution in [0.25, 0.3) is 0 Å². The zero-order valence-corrected chi connectivity index (χ0v) is 9.96. The second-order valence-corrected chi connectivity index (χ2v) is 5.02. The molecule has 2 nitrogen and oxygen atoms in total. The quantitative estimate of drug-likeness (QED) is 0.324. The maximum Gasteiger partial charge on any atom is 0.305 e. The molecule has 0 saturated heterocycles. The standard InChI is InChI=1S/C9H17IO2/c1-3-4-7-12-9(11)6-5-8(2)10/h8H,3-7H2,1-2H3. The lowest BCUT2D eigenvalue weighted by atomic mass is 10.2. The fourth-order valence-corrected chi connectivity index (χ4v) is 1.03. The Bertz CT molecular complexity index is 124. The largest absolute Gasteiger partial charge is 0.466 e. The lowest BCUT2D eigenvalue weighted by Crippen LogP contribution is -2.07. The van der Waals surface area contributed by atoms with Crippen LogP contribution in [0.5, 0.6) is 0 Å². The molecule has 0 aromatic carbocycles. The number of halogens is 1. The predicted octanol–water partition coefficient (Wildman–Crippen LogP) is 2.93. The summed E-state index contributed by atoms with van der Waals surface area (Å²) in [6.07, 6.45) is 3.54. The molecule has 0 aromatic heterocycles. The molecule has 0 aliphatic heterocycles. The van der Waals surface area contributed by atoms with Crippen molar-refractivity contribution in [1.29, 1.82) is 0 Å². The number of carbonyl (C=O) groups is 1. The van der Waals surface area contributed by atoms with Crippen molar-refractivity contribution < 1.29 is 9.53 Å². The molecule has 0 spiro atoms. The van der Waals surface area contributed by atoms with E-state index in [1.54, 1.807) is 0 Å². The van der Waals surface area contributed by atoms with Gasteiger partial charge in [0.1, 0.15) is 0 Å². The third-order valence-corrected chi connectivity index (χ3v) is 2.13. The molecule has 0 aliphatic rings. The van der Waals surface area contributed by atoms with E-state index in [4.69, 9.17) is 4.74 Å². The maximum absolute atomic E-state index is 11.0. The number of alkyl halides is 1. The summed E-state index contributed by atoms with van der Waals surface area (Å²) >= 11 is 2.31. The van der Waals surface area contributed by atoms with Gasteiger partial charge in [0.15, 0.2) is 0 Å². The first-order valence-corrected chi connectivity index (χ1v) is 5.71. The van der Waals surface area contributed by atoms with Crippen LogP contribution in [-0.2, 0) is 9.53 Å². The molecular formula is C9H17IO2. The van der Waals surface area contributed by atoms with E-state index in [9.17, 15) is 4.79 Å². The highest BCUT2D eigenvalue weighted by Crippen LogP contribution is 2.07. The lowest BCUT2D eigenvalue weighted by Gasteiger charge is -2.04. The molecule has 0 rings (SSSR count). The summed E-state index contributed by atoms with van der Waals surface area (Å²) in [6, 6.07) is 0.